The lowest BCUT2D eigenvalue weighted by Crippen LogP contribution is -2.02. The smallest absolute Gasteiger partial charge is 0.0705 e. The molecule has 1 atom stereocenters. The van der Waals surface area contributed by atoms with Crippen LogP contribution in [0.5, 0.6) is 0 Å². The summed E-state index contributed by atoms with van der Waals surface area (Å²) in [6, 6.07) is 12.7. The maximum Gasteiger partial charge on any atom is 0.0705 e. The zero-order chi connectivity index (χ0) is 13.1. The molecule has 0 saturated carbocycles. The number of fused-ring (bicyclic) bond motifs is 1. The lowest BCUT2D eigenvalue weighted by Gasteiger charge is -2.16. The molecule has 2 aromatic rings. The Balaban J connectivity index is 1.94. The maximum atomic E-state index is 4.81. The molecule has 1 heterocycles. The second-order valence-electron chi connectivity index (χ2n) is 5.16. The second kappa shape index (κ2) is 5.40. The first-order valence-corrected chi connectivity index (χ1v) is 7.10. The standard InChI is InChI=1S/C18H19N/c1-2-6-14-7-5-9-16(13-14)18-12-11-15-8-3-4-10-17(15)19-18/h3-5,7-8,10-13,16H,2,6,9H2,1H3. The average molecular weight is 249 g/mol. The quantitative estimate of drug-likeness (QED) is 0.745. The third kappa shape index (κ3) is 2.60. The third-order valence-corrected chi connectivity index (χ3v) is 3.68. The molecule has 1 aliphatic carbocycles. The van der Waals surface area contributed by atoms with E-state index in [0.29, 0.717) is 5.92 Å². The summed E-state index contributed by atoms with van der Waals surface area (Å²) in [4.78, 5) is 4.81. The summed E-state index contributed by atoms with van der Waals surface area (Å²) >= 11 is 0. The highest BCUT2D eigenvalue weighted by Crippen LogP contribution is 2.28. The molecule has 0 fully saturated rings. The number of benzene rings is 1. The lowest BCUT2D eigenvalue weighted by atomic mass is 9.91. The van der Waals surface area contributed by atoms with Crippen molar-refractivity contribution in [2.75, 3.05) is 0 Å². The van der Waals surface area contributed by atoms with Crippen LogP contribution in [0.1, 0.15) is 37.8 Å². The molecule has 0 aliphatic heterocycles. The van der Waals surface area contributed by atoms with Crippen LogP contribution in [-0.4, -0.2) is 4.98 Å². The van der Waals surface area contributed by atoms with Crippen molar-refractivity contribution in [2.45, 2.75) is 32.1 Å². The van der Waals surface area contributed by atoms with E-state index in [2.05, 4.69) is 61.5 Å². The largest absolute Gasteiger partial charge is 0.252 e. The van der Waals surface area contributed by atoms with Crippen LogP contribution in [0.15, 0.2) is 60.2 Å². The van der Waals surface area contributed by atoms with Gasteiger partial charge in [-0.1, -0.05) is 61.4 Å². The number of allylic oxidation sites excluding steroid dienone is 4. The average Bonchev–Trinajstić information content (AvgIpc) is 2.47. The van der Waals surface area contributed by atoms with E-state index in [1.807, 2.05) is 0 Å². The molecule has 1 aliphatic rings. The Kier molecular flexibility index (Phi) is 3.45. The van der Waals surface area contributed by atoms with Crippen LogP contribution in [0.2, 0.25) is 0 Å². The van der Waals surface area contributed by atoms with Gasteiger partial charge in [-0.3, -0.25) is 4.98 Å². The zero-order valence-corrected chi connectivity index (χ0v) is 11.3. The van der Waals surface area contributed by atoms with Crippen molar-refractivity contribution in [3.05, 3.63) is 65.9 Å². The van der Waals surface area contributed by atoms with Gasteiger partial charge in [0.15, 0.2) is 0 Å². The Labute approximate surface area is 114 Å². The lowest BCUT2D eigenvalue weighted by molar-refractivity contribution is 0.793. The first-order valence-electron chi connectivity index (χ1n) is 7.10. The van der Waals surface area contributed by atoms with Crippen molar-refractivity contribution in [1.82, 2.24) is 4.98 Å². The zero-order valence-electron chi connectivity index (χ0n) is 11.3. The minimum Gasteiger partial charge on any atom is -0.252 e. The minimum absolute atomic E-state index is 0.441. The third-order valence-electron chi connectivity index (χ3n) is 3.68. The predicted octanol–water partition coefficient (Wildman–Crippen LogP) is 5.00. The van der Waals surface area contributed by atoms with Crippen molar-refractivity contribution in [2.24, 2.45) is 0 Å². The van der Waals surface area contributed by atoms with Gasteiger partial charge in [-0.2, -0.15) is 0 Å². The fraction of sp³-hybridized carbons (Fsp3) is 0.278. The Hall–Kier alpha value is -1.89. The van der Waals surface area contributed by atoms with E-state index >= 15 is 0 Å². The van der Waals surface area contributed by atoms with Crippen LogP contribution in [0.25, 0.3) is 10.9 Å². The molecule has 0 bridgehead atoms. The van der Waals surface area contributed by atoms with Gasteiger partial charge in [0.05, 0.1) is 5.52 Å². The molecule has 0 amide bonds. The molecule has 19 heavy (non-hydrogen) atoms. The first-order chi connectivity index (χ1) is 9.36. The van der Waals surface area contributed by atoms with E-state index in [1.165, 1.54) is 29.5 Å². The Morgan fingerprint density at radius 2 is 2.05 bits per heavy atom. The molecule has 3 rings (SSSR count). The summed E-state index contributed by atoms with van der Waals surface area (Å²) in [6.07, 6.45) is 10.4. The number of hydrogen-bond acceptors (Lipinski definition) is 1. The van der Waals surface area contributed by atoms with E-state index < -0.39 is 0 Å². The topological polar surface area (TPSA) is 12.9 Å². The molecule has 0 saturated heterocycles. The van der Waals surface area contributed by atoms with Crippen molar-refractivity contribution in [3.8, 4) is 0 Å². The van der Waals surface area contributed by atoms with E-state index in [-0.39, 0.29) is 0 Å². The number of aromatic nitrogens is 1. The molecular formula is C18H19N. The van der Waals surface area contributed by atoms with Gasteiger partial charge in [0.2, 0.25) is 0 Å². The number of pyridine rings is 1. The van der Waals surface area contributed by atoms with Crippen molar-refractivity contribution < 1.29 is 0 Å². The van der Waals surface area contributed by atoms with Crippen LogP contribution in [0, 0.1) is 0 Å². The summed E-state index contributed by atoms with van der Waals surface area (Å²) in [7, 11) is 0. The molecule has 1 aromatic heterocycles. The molecule has 0 radical (unpaired) electrons. The summed E-state index contributed by atoms with van der Waals surface area (Å²) in [6.45, 7) is 2.23. The second-order valence-corrected chi connectivity index (χ2v) is 5.16. The predicted molar refractivity (Wildman–Crippen MR) is 81.2 cm³/mol. The monoisotopic (exact) mass is 249 g/mol. The molecule has 0 spiro atoms. The number of hydrogen-bond donors (Lipinski definition) is 0. The van der Waals surface area contributed by atoms with Gasteiger partial charge in [-0.15, -0.1) is 0 Å². The van der Waals surface area contributed by atoms with E-state index in [9.17, 15) is 0 Å². The van der Waals surface area contributed by atoms with Gasteiger partial charge < -0.3 is 0 Å². The number of rotatable bonds is 3. The van der Waals surface area contributed by atoms with E-state index in [4.69, 9.17) is 4.98 Å². The highest BCUT2D eigenvalue weighted by atomic mass is 14.7. The van der Waals surface area contributed by atoms with Crippen LogP contribution in [0.3, 0.4) is 0 Å². The molecule has 1 nitrogen and oxygen atoms in total. The van der Waals surface area contributed by atoms with Crippen LogP contribution in [-0.2, 0) is 0 Å². The molecule has 1 unspecified atom stereocenters. The molecular weight excluding hydrogens is 230 g/mol. The van der Waals surface area contributed by atoms with Crippen molar-refractivity contribution in [1.29, 1.82) is 0 Å². The maximum absolute atomic E-state index is 4.81. The van der Waals surface area contributed by atoms with Gasteiger partial charge in [-0.25, -0.2) is 0 Å². The highest BCUT2D eigenvalue weighted by molar-refractivity contribution is 5.78. The number of nitrogens with zero attached hydrogens (tertiary/aromatic N) is 1. The SMILES string of the molecule is CCCC1=CC(c2ccc3ccccc3n2)CC=C1. The molecule has 96 valence electrons. The molecule has 1 aromatic carbocycles. The molecule has 0 N–H and O–H groups in total. The normalized spacial score (nSPS) is 18.6. The van der Waals surface area contributed by atoms with Gasteiger partial charge in [0.1, 0.15) is 0 Å². The minimum atomic E-state index is 0.441. The van der Waals surface area contributed by atoms with E-state index in [1.54, 1.807) is 0 Å². The summed E-state index contributed by atoms with van der Waals surface area (Å²) in [5.74, 6) is 0.441. The van der Waals surface area contributed by atoms with Crippen LogP contribution >= 0.6 is 0 Å². The first kappa shape index (κ1) is 12.2. The summed E-state index contributed by atoms with van der Waals surface area (Å²) in [5.41, 5.74) is 3.74. The van der Waals surface area contributed by atoms with Crippen LogP contribution < -0.4 is 0 Å². The van der Waals surface area contributed by atoms with Gasteiger partial charge in [0, 0.05) is 17.0 Å². The van der Waals surface area contributed by atoms with Gasteiger partial charge in [-0.05, 0) is 25.0 Å². The Morgan fingerprint density at radius 3 is 2.95 bits per heavy atom. The Bertz CT molecular complexity index is 637. The van der Waals surface area contributed by atoms with E-state index in [0.717, 1.165) is 11.9 Å². The van der Waals surface area contributed by atoms with Crippen molar-refractivity contribution >= 4 is 10.9 Å². The molecule has 1 heteroatoms. The highest BCUT2D eigenvalue weighted by Gasteiger charge is 2.13. The number of para-hydroxylation sites is 1. The fourth-order valence-electron chi connectivity index (χ4n) is 2.70. The van der Waals surface area contributed by atoms with Gasteiger partial charge in [0.25, 0.3) is 0 Å². The van der Waals surface area contributed by atoms with Crippen LogP contribution in [0.4, 0.5) is 0 Å². The van der Waals surface area contributed by atoms with Crippen molar-refractivity contribution in [3.63, 3.8) is 0 Å². The van der Waals surface area contributed by atoms with Gasteiger partial charge >= 0.3 is 0 Å². The summed E-state index contributed by atoms with van der Waals surface area (Å²) < 4.78 is 0. The summed E-state index contributed by atoms with van der Waals surface area (Å²) in [5, 5.41) is 1.22. The Morgan fingerprint density at radius 1 is 1.16 bits per heavy atom. The fourth-order valence-corrected chi connectivity index (χ4v) is 2.70.